The molecule has 0 bridgehead atoms. The maximum absolute atomic E-state index is 12.1. The number of aliphatic imine (C=N–C) groups is 1. The zero-order chi connectivity index (χ0) is 15.9. The second-order valence-corrected chi connectivity index (χ2v) is 5.47. The number of nitrogens with one attached hydrogen (secondary N) is 2. The number of carbonyl (C=O) groups is 2. The lowest BCUT2D eigenvalue weighted by Crippen LogP contribution is -2.43. The fourth-order valence-corrected chi connectivity index (χ4v) is 2.07. The van der Waals surface area contributed by atoms with Crippen molar-refractivity contribution in [2.75, 3.05) is 19.6 Å². The molecule has 1 saturated heterocycles. The highest BCUT2D eigenvalue weighted by molar-refractivity contribution is 6.06. The number of urea groups is 1. The van der Waals surface area contributed by atoms with Gasteiger partial charge in [-0.05, 0) is 26.2 Å². The van der Waals surface area contributed by atoms with Crippen LogP contribution in [0.15, 0.2) is 4.99 Å². The average Bonchev–Trinajstić information content (AvgIpc) is 2.67. The van der Waals surface area contributed by atoms with Crippen LogP contribution in [-0.2, 0) is 4.79 Å². The summed E-state index contributed by atoms with van der Waals surface area (Å²) < 4.78 is 0. The van der Waals surface area contributed by atoms with Gasteiger partial charge in [-0.1, -0.05) is 20.3 Å². The predicted octanol–water partition coefficient (Wildman–Crippen LogP) is 0.801. The number of carbonyl (C=O) groups excluding carboxylic acids is 2. The van der Waals surface area contributed by atoms with Gasteiger partial charge in [0.25, 0.3) is 5.91 Å². The molecule has 1 fully saturated rings. The summed E-state index contributed by atoms with van der Waals surface area (Å²) in [5.74, 6) is 0.257. The molecule has 1 atom stereocenters. The minimum Gasteiger partial charge on any atom is -0.370 e. The van der Waals surface area contributed by atoms with Crippen LogP contribution in [-0.4, -0.2) is 48.0 Å². The van der Waals surface area contributed by atoms with Crippen LogP contribution in [0.2, 0.25) is 0 Å². The van der Waals surface area contributed by atoms with E-state index in [1.807, 2.05) is 6.92 Å². The molecule has 7 heteroatoms. The molecule has 0 radical (unpaired) electrons. The Morgan fingerprint density at radius 2 is 2.10 bits per heavy atom. The van der Waals surface area contributed by atoms with Crippen molar-refractivity contribution in [3.8, 4) is 0 Å². The van der Waals surface area contributed by atoms with E-state index in [1.165, 1.54) is 4.90 Å². The number of hydrogen-bond acceptors (Lipinski definition) is 3. The first-order valence-electron chi connectivity index (χ1n) is 7.62. The van der Waals surface area contributed by atoms with Crippen molar-refractivity contribution in [3.05, 3.63) is 0 Å². The summed E-state index contributed by atoms with van der Waals surface area (Å²) in [7, 11) is 0. The SMILES string of the molecule is CCCCNC(N)=NCCCN1C(=O)NC(C)(CC)C1=O. The van der Waals surface area contributed by atoms with Crippen LogP contribution >= 0.6 is 0 Å². The van der Waals surface area contributed by atoms with E-state index in [1.54, 1.807) is 6.92 Å². The van der Waals surface area contributed by atoms with Crippen molar-refractivity contribution >= 4 is 17.9 Å². The second kappa shape index (κ2) is 7.85. The Bertz CT molecular complexity index is 410. The number of hydrogen-bond donors (Lipinski definition) is 3. The lowest BCUT2D eigenvalue weighted by Gasteiger charge is -2.19. The van der Waals surface area contributed by atoms with Crippen molar-refractivity contribution in [2.45, 2.75) is 52.0 Å². The molecule has 7 nitrogen and oxygen atoms in total. The first-order chi connectivity index (χ1) is 9.94. The molecule has 1 aliphatic heterocycles. The monoisotopic (exact) mass is 297 g/mol. The minimum absolute atomic E-state index is 0.159. The Hall–Kier alpha value is -1.79. The number of imide groups is 1. The van der Waals surface area contributed by atoms with Crippen molar-refractivity contribution in [2.24, 2.45) is 10.7 Å². The lowest BCUT2D eigenvalue weighted by molar-refractivity contribution is -0.130. The number of amides is 3. The van der Waals surface area contributed by atoms with Crippen LogP contribution in [0.1, 0.15) is 46.5 Å². The number of guanidine groups is 1. The number of nitrogens with two attached hydrogens (primary N) is 1. The third-order valence-corrected chi connectivity index (χ3v) is 3.71. The summed E-state index contributed by atoms with van der Waals surface area (Å²) in [6.45, 7) is 7.41. The van der Waals surface area contributed by atoms with Crippen LogP contribution < -0.4 is 16.4 Å². The highest BCUT2D eigenvalue weighted by Crippen LogP contribution is 2.20. The molecular formula is C14H27N5O2. The minimum atomic E-state index is -0.763. The Morgan fingerprint density at radius 3 is 2.67 bits per heavy atom. The third-order valence-electron chi connectivity index (χ3n) is 3.71. The van der Waals surface area contributed by atoms with Gasteiger partial charge >= 0.3 is 6.03 Å². The number of unbranched alkanes of at least 4 members (excludes halogenated alkanes) is 1. The highest BCUT2D eigenvalue weighted by atomic mass is 16.2. The zero-order valence-corrected chi connectivity index (χ0v) is 13.2. The van der Waals surface area contributed by atoms with Gasteiger partial charge in [0.2, 0.25) is 0 Å². The van der Waals surface area contributed by atoms with E-state index >= 15 is 0 Å². The van der Waals surface area contributed by atoms with Gasteiger partial charge in [-0.2, -0.15) is 0 Å². The average molecular weight is 297 g/mol. The standard InChI is InChI=1S/C14H27N5O2/c1-4-6-8-16-12(15)17-9-7-10-19-11(20)14(3,5-2)18-13(19)21/h4-10H2,1-3H3,(H,18,21)(H3,15,16,17). The van der Waals surface area contributed by atoms with Crippen molar-refractivity contribution in [1.29, 1.82) is 0 Å². The van der Waals surface area contributed by atoms with E-state index in [9.17, 15) is 9.59 Å². The molecule has 3 amide bonds. The largest absolute Gasteiger partial charge is 0.370 e. The summed E-state index contributed by atoms with van der Waals surface area (Å²) in [5, 5.41) is 5.75. The Labute approximate surface area is 126 Å². The Balaban J connectivity index is 2.34. The Kier molecular flexibility index (Phi) is 6.45. The van der Waals surface area contributed by atoms with E-state index in [4.69, 9.17) is 5.73 Å². The third kappa shape index (κ3) is 4.61. The molecule has 1 rings (SSSR count). The smallest absolute Gasteiger partial charge is 0.325 e. The number of nitrogens with zero attached hydrogens (tertiary/aromatic N) is 2. The van der Waals surface area contributed by atoms with Gasteiger partial charge in [-0.15, -0.1) is 0 Å². The second-order valence-electron chi connectivity index (χ2n) is 5.47. The molecule has 1 aliphatic rings. The summed E-state index contributed by atoms with van der Waals surface area (Å²) in [5.41, 5.74) is 4.94. The van der Waals surface area contributed by atoms with Gasteiger partial charge in [0.1, 0.15) is 5.54 Å². The number of rotatable bonds is 8. The van der Waals surface area contributed by atoms with Crippen molar-refractivity contribution in [1.82, 2.24) is 15.5 Å². The molecule has 0 aromatic rings. The van der Waals surface area contributed by atoms with E-state index in [2.05, 4.69) is 22.5 Å². The van der Waals surface area contributed by atoms with Crippen LogP contribution in [0.4, 0.5) is 4.79 Å². The van der Waals surface area contributed by atoms with Gasteiger partial charge < -0.3 is 16.4 Å². The zero-order valence-electron chi connectivity index (χ0n) is 13.2. The fraction of sp³-hybridized carbons (Fsp3) is 0.786. The van der Waals surface area contributed by atoms with E-state index in [0.29, 0.717) is 31.9 Å². The van der Waals surface area contributed by atoms with E-state index in [-0.39, 0.29) is 11.9 Å². The van der Waals surface area contributed by atoms with Gasteiger partial charge in [-0.3, -0.25) is 14.7 Å². The van der Waals surface area contributed by atoms with Gasteiger partial charge in [-0.25, -0.2) is 4.79 Å². The highest BCUT2D eigenvalue weighted by Gasteiger charge is 2.45. The molecule has 0 aliphatic carbocycles. The van der Waals surface area contributed by atoms with Crippen LogP contribution in [0.5, 0.6) is 0 Å². The van der Waals surface area contributed by atoms with Gasteiger partial charge in [0.15, 0.2) is 5.96 Å². The fourth-order valence-electron chi connectivity index (χ4n) is 2.07. The quantitative estimate of drug-likeness (QED) is 0.267. The molecule has 0 aromatic heterocycles. The summed E-state index contributed by atoms with van der Waals surface area (Å²) in [4.78, 5) is 29.4. The first kappa shape index (κ1) is 17.3. The van der Waals surface area contributed by atoms with E-state index in [0.717, 1.165) is 19.4 Å². The molecule has 0 saturated carbocycles. The Morgan fingerprint density at radius 1 is 1.38 bits per heavy atom. The topological polar surface area (TPSA) is 99.8 Å². The lowest BCUT2D eigenvalue weighted by atomic mass is 9.99. The van der Waals surface area contributed by atoms with Crippen molar-refractivity contribution in [3.63, 3.8) is 0 Å². The summed E-state index contributed by atoms with van der Waals surface area (Å²) in [6.07, 6.45) is 3.34. The van der Waals surface area contributed by atoms with Crippen molar-refractivity contribution < 1.29 is 9.59 Å². The van der Waals surface area contributed by atoms with Crippen LogP contribution in [0.25, 0.3) is 0 Å². The van der Waals surface area contributed by atoms with Crippen LogP contribution in [0, 0.1) is 0 Å². The maximum atomic E-state index is 12.1. The predicted molar refractivity (Wildman–Crippen MR) is 83.0 cm³/mol. The normalized spacial score (nSPS) is 22.6. The molecule has 1 unspecified atom stereocenters. The molecular weight excluding hydrogens is 270 g/mol. The molecule has 4 N–H and O–H groups in total. The van der Waals surface area contributed by atoms with E-state index < -0.39 is 5.54 Å². The molecule has 120 valence electrons. The van der Waals surface area contributed by atoms with Crippen LogP contribution in [0.3, 0.4) is 0 Å². The molecule has 0 spiro atoms. The first-order valence-corrected chi connectivity index (χ1v) is 7.62. The molecule has 0 aromatic carbocycles. The summed E-state index contributed by atoms with van der Waals surface area (Å²) in [6, 6.07) is -0.317. The summed E-state index contributed by atoms with van der Waals surface area (Å²) >= 11 is 0. The van der Waals surface area contributed by atoms with Gasteiger partial charge in [0, 0.05) is 19.6 Å². The van der Waals surface area contributed by atoms with Gasteiger partial charge in [0.05, 0.1) is 0 Å². The maximum Gasteiger partial charge on any atom is 0.325 e. The molecule has 1 heterocycles. The molecule has 21 heavy (non-hydrogen) atoms.